The van der Waals surface area contributed by atoms with Crippen molar-refractivity contribution in [3.63, 3.8) is 0 Å². The van der Waals surface area contributed by atoms with Gasteiger partial charge in [-0.15, -0.1) is 6.58 Å². The summed E-state index contributed by atoms with van der Waals surface area (Å²) in [5, 5.41) is 2.79. The fourth-order valence-electron chi connectivity index (χ4n) is 1.59. The summed E-state index contributed by atoms with van der Waals surface area (Å²) in [6.45, 7) is 4.14. The fourth-order valence-corrected chi connectivity index (χ4v) is 2.83. The molecule has 4 nitrogen and oxygen atoms in total. The van der Waals surface area contributed by atoms with Crippen LogP contribution in [0.5, 0.6) is 0 Å². The molecule has 0 unspecified atom stereocenters. The minimum absolute atomic E-state index is 0.248. The van der Waals surface area contributed by atoms with E-state index < -0.39 is 0 Å². The Bertz CT molecular complexity index is 658. The van der Waals surface area contributed by atoms with E-state index in [2.05, 4.69) is 11.9 Å². The topological polar surface area (TPSA) is 60.0 Å². The Morgan fingerprint density at radius 2 is 2.16 bits per heavy atom. The Balaban J connectivity index is 2.27. The molecule has 1 aromatic carbocycles. The molecule has 0 saturated heterocycles. The lowest BCUT2D eigenvalue weighted by Crippen LogP contribution is -2.13. The number of anilines is 2. The van der Waals surface area contributed by atoms with Gasteiger partial charge in [-0.25, -0.2) is 0 Å². The highest BCUT2D eigenvalue weighted by molar-refractivity contribution is 7.73. The highest BCUT2D eigenvalue weighted by Gasteiger charge is 2.16. The summed E-state index contributed by atoms with van der Waals surface area (Å²) in [6.07, 6.45) is 1.69. The molecule has 0 atom stereocenters. The predicted octanol–water partition coefficient (Wildman–Crippen LogP) is 3.30. The van der Waals surface area contributed by atoms with E-state index in [0.717, 1.165) is 5.69 Å². The summed E-state index contributed by atoms with van der Waals surface area (Å²) in [5.74, 6) is 0.131. The van der Waals surface area contributed by atoms with E-state index in [1.54, 1.807) is 10.6 Å². The summed E-state index contributed by atoms with van der Waals surface area (Å²) in [5.41, 5.74) is 6.67. The van der Waals surface area contributed by atoms with Crippen molar-refractivity contribution < 1.29 is 4.79 Å². The zero-order valence-corrected chi connectivity index (χ0v) is 11.8. The van der Waals surface area contributed by atoms with E-state index in [1.807, 2.05) is 30.3 Å². The molecule has 1 heterocycles. The second-order valence-corrected chi connectivity index (χ2v) is 5.45. The van der Waals surface area contributed by atoms with Gasteiger partial charge in [0, 0.05) is 12.2 Å². The number of rotatable bonds is 4. The number of nitrogens with zero attached hydrogens (tertiary/aromatic N) is 1. The number of para-hydroxylation sites is 1. The third-order valence-corrected chi connectivity index (χ3v) is 3.95. The Morgan fingerprint density at radius 1 is 1.47 bits per heavy atom. The van der Waals surface area contributed by atoms with Gasteiger partial charge >= 0.3 is 0 Å². The first-order valence-electron chi connectivity index (χ1n) is 5.60. The number of thiazole rings is 1. The molecule has 98 valence electrons. The number of aromatic nitrogens is 1. The quantitative estimate of drug-likeness (QED) is 0.671. The molecule has 0 fully saturated rings. The zero-order valence-electron chi connectivity index (χ0n) is 10.1. The Labute approximate surface area is 120 Å². The van der Waals surface area contributed by atoms with Crippen molar-refractivity contribution in [2.75, 3.05) is 11.1 Å². The average molecular weight is 291 g/mol. The monoisotopic (exact) mass is 291 g/mol. The van der Waals surface area contributed by atoms with Gasteiger partial charge in [0.2, 0.25) is 0 Å². The third kappa shape index (κ3) is 2.91. The molecular weight excluding hydrogens is 278 g/mol. The molecule has 0 aliphatic heterocycles. The number of nitrogens with two attached hydrogens (primary N) is 1. The summed E-state index contributed by atoms with van der Waals surface area (Å²) in [7, 11) is 0. The van der Waals surface area contributed by atoms with Gasteiger partial charge in [-0.3, -0.25) is 4.79 Å². The number of nitrogens with one attached hydrogen (secondary N) is 1. The van der Waals surface area contributed by atoms with E-state index in [0.29, 0.717) is 21.2 Å². The van der Waals surface area contributed by atoms with E-state index >= 15 is 0 Å². The highest BCUT2D eigenvalue weighted by Crippen LogP contribution is 2.23. The van der Waals surface area contributed by atoms with E-state index in [9.17, 15) is 4.79 Å². The molecule has 0 radical (unpaired) electrons. The lowest BCUT2D eigenvalue weighted by atomic mass is 10.3. The summed E-state index contributed by atoms with van der Waals surface area (Å²) < 4.78 is 2.25. The van der Waals surface area contributed by atoms with Crippen LogP contribution in [-0.2, 0) is 6.54 Å². The van der Waals surface area contributed by atoms with Crippen LogP contribution in [0.3, 0.4) is 0 Å². The van der Waals surface area contributed by atoms with Crippen LogP contribution in [0.25, 0.3) is 0 Å². The molecule has 0 saturated carbocycles. The lowest BCUT2D eigenvalue weighted by molar-refractivity contribution is 0.103. The lowest BCUT2D eigenvalue weighted by Gasteiger charge is -2.05. The molecule has 0 bridgehead atoms. The van der Waals surface area contributed by atoms with Gasteiger partial charge in [-0.1, -0.05) is 35.6 Å². The molecule has 1 amide bonds. The Hall–Kier alpha value is -1.92. The molecule has 6 heteroatoms. The SMILES string of the molecule is C=CCn1c(N)c(C(=O)Nc2ccccc2)sc1=S. The second-order valence-electron chi connectivity index (χ2n) is 3.80. The highest BCUT2D eigenvalue weighted by atomic mass is 32.1. The van der Waals surface area contributed by atoms with Crippen LogP contribution in [0.15, 0.2) is 43.0 Å². The first-order valence-corrected chi connectivity index (χ1v) is 6.82. The molecule has 3 N–H and O–H groups in total. The van der Waals surface area contributed by atoms with Crippen LogP contribution in [0.4, 0.5) is 11.5 Å². The number of amides is 1. The third-order valence-electron chi connectivity index (χ3n) is 2.48. The molecule has 19 heavy (non-hydrogen) atoms. The average Bonchev–Trinajstić information content (AvgIpc) is 2.68. The van der Waals surface area contributed by atoms with Crippen LogP contribution >= 0.6 is 23.6 Å². The van der Waals surface area contributed by atoms with E-state index in [1.165, 1.54) is 11.3 Å². The Morgan fingerprint density at radius 3 is 2.79 bits per heavy atom. The number of nitrogen functional groups attached to an aromatic ring is 1. The van der Waals surface area contributed by atoms with Gasteiger partial charge in [0.15, 0.2) is 3.95 Å². The second kappa shape index (κ2) is 5.81. The van der Waals surface area contributed by atoms with Gasteiger partial charge < -0.3 is 15.6 Å². The van der Waals surface area contributed by atoms with Crippen molar-refractivity contribution in [3.05, 3.63) is 51.8 Å². The molecular formula is C13H13N3OS2. The molecule has 0 aliphatic carbocycles. The van der Waals surface area contributed by atoms with Crippen molar-refractivity contribution in [2.24, 2.45) is 0 Å². The maximum Gasteiger partial charge on any atom is 0.269 e. The number of carbonyl (C=O) groups is 1. The molecule has 2 rings (SSSR count). The van der Waals surface area contributed by atoms with Crippen molar-refractivity contribution >= 4 is 41.0 Å². The first-order chi connectivity index (χ1) is 9.13. The predicted molar refractivity (Wildman–Crippen MR) is 82.1 cm³/mol. The van der Waals surface area contributed by atoms with Gasteiger partial charge in [0.1, 0.15) is 10.7 Å². The maximum atomic E-state index is 12.1. The standard InChI is InChI=1S/C13H13N3OS2/c1-2-8-16-11(14)10(19-13(16)18)12(17)15-9-6-4-3-5-7-9/h2-7H,1,8,14H2,(H,15,17). The van der Waals surface area contributed by atoms with E-state index in [-0.39, 0.29) is 5.91 Å². The smallest absolute Gasteiger partial charge is 0.269 e. The number of hydrogen-bond acceptors (Lipinski definition) is 4. The molecule has 0 aliphatic rings. The number of allylic oxidation sites excluding steroid dienone is 1. The fraction of sp³-hybridized carbons (Fsp3) is 0.0769. The van der Waals surface area contributed by atoms with Crippen molar-refractivity contribution in [1.82, 2.24) is 4.57 Å². The number of benzene rings is 1. The number of hydrogen-bond donors (Lipinski definition) is 2. The minimum atomic E-state index is -0.248. The summed E-state index contributed by atoms with van der Waals surface area (Å²) >= 11 is 6.38. The van der Waals surface area contributed by atoms with E-state index in [4.69, 9.17) is 18.0 Å². The first kappa shape index (κ1) is 13.5. The molecule has 0 spiro atoms. The van der Waals surface area contributed by atoms with Crippen LogP contribution in [0.2, 0.25) is 0 Å². The van der Waals surface area contributed by atoms with Crippen LogP contribution in [0, 0.1) is 3.95 Å². The van der Waals surface area contributed by atoms with Crippen molar-refractivity contribution in [3.8, 4) is 0 Å². The Kier molecular flexibility index (Phi) is 4.13. The van der Waals surface area contributed by atoms with Gasteiger partial charge in [-0.05, 0) is 24.4 Å². The van der Waals surface area contributed by atoms with Crippen LogP contribution in [0.1, 0.15) is 9.67 Å². The van der Waals surface area contributed by atoms with Crippen molar-refractivity contribution in [1.29, 1.82) is 0 Å². The van der Waals surface area contributed by atoms with Gasteiger partial charge in [-0.2, -0.15) is 0 Å². The summed E-state index contributed by atoms with van der Waals surface area (Å²) in [6, 6.07) is 9.21. The van der Waals surface area contributed by atoms with Crippen LogP contribution < -0.4 is 11.1 Å². The number of carbonyl (C=O) groups excluding carboxylic acids is 1. The molecule has 1 aromatic heterocycles. The van der Waals surface area contributed by atoms with Crippen LogP contribution in [-0.4, -0.2) is 10.5 Å². The summed E-state index contributed by atoms with van der Waals surface area (Å²) in [4.78, 5) is 12.6. The zero-order chi connectivity index (χ0) is 13.8. The maximum absolute atomic E-state index is 12.1. The minimum Gasteiger partial charge on any atom is -0.384 e. The normalized spacial score (nSPS) is 10.1. The largest absolute Gasteiger partial charge is 0.384 e. The molecule has 2 aromatic rings. The van der Waals surface area contributed by atoms with Gasteiger partial charge in [0.25, 0.3) is 5.91 Å². The van der Waals surface area contributed by atoms with Gasteiger partial charge in [0.05, 0.1) is 0 Å². The van der Waals surface area contributed by atoms with Crippen molar-refractivity contribution in [2.45, 2.75) is 6.54 Å².